The Balaban J connectivity index is 1.14. The van der Waals surface area contributed by atoms with E-state index in [1.807, 2.05) is 17.0 Å². The van der Waals surface area contributed by atoms with Crippen molar-refractivity contribution in [3.8, 4) is 11.5 Å². The molecule has 0 aromatic heterocycles. The molecule has 31 heavy (non-hydrogen) atoms. The van der Waals surface area contributed by atoms with Gasteiger partial charge in [0.1, 0.15) is 0 Å². The molecule has 3 aliphatic rings. The molecule has 2 aromatic carbocycles. The SMILES string of the molecule is O=C(c1ccc2c(c1)OCO2)N1CC(C(=O)N2CCN(c3cccc(Cl)c3Cl)CC2)C1. The molecule has 2 saturated heterocycles. The zero-order valence-corrected chi connectivity index (χ0v) is 18.2. The van der Waals surface area contributed by atoms with E-state index in [0.717, 1.165) is 5.69 Å². The summed E-state index contributed by atoms with van der Waals surface area (Å²) in [4.78, 5) is 31.3. The maximum atomic E-state index is 12.9. The number of carbonyl (C=O) groups is 2. The number of fused-ring (bicyclic) bond motifs is 1. The molecule has 2 fully saturated rings. The summed E-state index contributed by atoms with van der Waals surface area (Å²) in [5.74, 6) is 1.08. The van der Waals surface area contributed by atoms with Gasteiger partial charge in [-0.1, -0.05) is 29.3 Å². The Morgan fingerprint density at radius 3 is 2.42 bits per heavy atom. The molecule has 0 N–H and O–H groups in total. The van der Waals surface area contributed by atoms with E-state index in [2.05, 4.69) is 4.90 Å². The van der Waals surface area contributed by atoms with E-state index in [4.69, 9.17) is 32.7 Å². The summed E-state index contributed by atoms with van der Waals surface area (Å²) in [5, 5.41) is 1.07. The molecular formula is C22H21Cl2N3O4. The molecular weight excluding hydrogens is 441 g/mol. The van der Waals surface area contributed by atoms with E-state index >= 15 is 0 Å². The highest BCUT2D eigenvalue weighted by atomic mass is 35.5. The van der Waals surface area contributed by atoms with Gasteiger partial charge in [-0.2, -0.15) is 0 Å². The van der Waals surface area contributed by atoms with Gasteiger partial charge in [-0.3, -0.25) is 9.59 Å². The largest absolute Gasteiger partial charge is 0.454 e. The average molecular weight is 462 g/mol. The standard InChI is InChI=1S/C22H21Cl2N3O4/c23-16-2-1-3-17(20(16)24)25-6-8-26(9-7-25)22(29)15-11-27(12-15)21(28)14-4-5-18-19(10-14)31-13-30-18/h1-5,10,15H,6-9,11-13H2. The molecule has 2 aromatic rings. The molecule has 0 bridgehead atoms. The zero-order chi connectivity index (χ0) is 21.5. The van der Waals surface area contributed by atoms with E-state index in [0.29, 0.717) is 66.4 Å². The second-order valence-corrected chi connectivity index (χ2v) is 8.65. The number of likely N-dealkylation sites (tertiary alicyclic amines) is 1. The second-order valence-electron chi connectivity index (χ2n) is 7.86. The third kappa shape index (κ3) is 3.77. The minimum Gasteiger partial charge on any atom is -0.454 e. The van der Waals surface area contributed by atoms with E-state index < -0.39 is 0 Å². The van der Waals surface area contributed by atoms with Crippen LogP contribution in [0.3, 0.4) is 0 Å². The van der Waals surface area contributed by atoms with Gasteiger partial charge in [0.25, 0.3) is 5.91 Å². The van der Waals surface area contributed by atoms with Crippen molar-refractivity contribution in [2.45, 2.75) is 0 Å². The van der Waals surface area contributed by atoms with Gasteiger partial charge in [0.15, 0.2) is 11.5 Å². The van der Waals surface area contributed by atoms with Gasteiger partial charge in [0, 0.05) is 44.8 Å². The van der Waals surface area contributed by atoms with Crippen molar-refractivity contribution in [2.75, 3.05) is 51.0 Å². The molecule has 0 radical (unpaired) electrons. The van der Waals surface area contributed by atoms with Crippen molar-refractivity contribution in [2.24, 2.45) is 5.92 Å². The van der Waals surface area contributed by atoms with Crippen molar-refractivity contribution in [1.82, 2.24) is 9.80 Å². The highest BCUT2D eigenvalue weighted by Gasteiger charge is 2.39. The van der Waals surface area contributed by atoms with Crippen LogP contribution in [-0.2, 0) is 4.79 Å². The van der Waals surface area contributed by atoms with Crippen molar-refractivity contribution < 1.29 is 19.1 Å². The average Bonchev–Trinajstić information content (AvgIpc) is 3.22. The van der Waals surface area contributed by atoms with Crippen LogP contribution in [0.15, 0.2) is 36.4 Å². The fourth-order valence-electron chi connectivity index (χ4n) is 4.18. The Hall–Kier alpha value is -2.64. The van der Waals surface area contributed by atoms with Crippen molar-refractivity contribution in [3.05, 3.63) is 52.0 Å². The van der Waals surface area contributed by atoms with E-state index in [1.165, 1.54) is 0 Å². The molecule has 0 unspecified atom stereocenters. The van der Waals surface area contributed by atoms with Gasteiger partial charge >= 0.3 is 0 Å². The smallest absolute Gasteiger partial charge is 0.254 e. The summed E-state index contributed by atoms with van der Waals surface area (Å²) < 4.78 is 10.6. The molecule has 3 aliphatic heterocycles. The first-order valence-electron chi connectivity index (χ1n) is 10.2. The molecule has 9 heteroatoms. The van der Waals surface area contributed by atoms with Crippen LogP contribution in [-0.4, -0.2) is 67.7 Å². The van der Waals surface area contributed by atoms with Crippen LogP contribution in [0.5, 0.6) is 11.5 Å². The molecule has 0 spiro atoms. The summed E-state index contributed by atoms with van der Waals surface area (Å²) in [7, 11) is 0. The minimum atomic E-state index is -0.153. The summed E-state index contributed by atoms with van der Waals surface area (Å²) in [6.45, 7) is 3.67. The monoisotopic (exact) mass is 461 g/mol. The topological polar surface area (TPSA) is 62.3 Å². The van der Waals surface area contributed by atoms with Gasteiger partial charge < -0.3 is 24.2 Å². The fraction of sp³-hybridized carbons (Fsp3) is 0.364. The van der Waals surface area contributed by atoms with Crippen LogP contribution in [0.4, 0.5) is 5.69 Å². The van der Waals surface area contributed by atoms with Crippen LogP contribution < -0.4 is 14.4 Å². The lowest BCUT2D eigenvalue weighted by Gasteiger charge is -2.43. The summed E-state index contributed by atoms with van der Waals surface area (Å²) in [6, 6.07) is 10.7. The first-order chi connectivity index (χ1) is 15.0. The van der Waals surface area contributed by atoms with Gasteiger partial charge in [-0.05, 0) is 30.3 Å². The molecule has 7 nitrogen and oxygen atoms in total. The quantitative estimate of drug-likeness (QED) is 0.702. The number of halogens is 2. The maximum absolute atomic E-state index is 12.9. The van der Waals surface area contributed by atoms with Crippen molar-refractivity contribution in [1.29, 1.82) is 0 Å². The van der Waals surface area contributed by atoms with E-state index in [-0.39, 0.29) is 24.5 Å². The molecule has 2 amide bonds. The number of ether oxygens (including phenoxy) is 2. The maximum Gasteiger partial charge on any atom is 0.254 e. The Morgan fingerprint density at radius 1 is 0.903 bits per heavy atom. The first kappa shape index (κ1) is 20.3. The fourth-order valence-corrected chi connectivity index (χ4v) is 4.59. The third-order valence-electron chi connectivity index (χ3n) is 6.00. The molecule has 162 valence electrons. The molecule has 0 saturated carbocycles. The normalized spacial score (nSPS) is 18.2. The van der Waals surface area contributed by atoms with Crippen LogP contribution in [0.25, 0.3) is 0 Å². The van der Waals surface area contributed by atoms with Crippen LogP contribution in [0.1, 0.15) is 10.4 Å². The first-order valence-corrected chi connectivity index (χ1v) is 10.9. The van der Waals surface area contributed by atoms with Crippen LogP contribution >= 0.6 is 23.2 Å². The third-order valence-corrected chi connectivity index (χ3v) is 6.81. The van der Waals surface area contributed by atoms with Gasteiger partial charge in [-0.25, -0.2) is 0 Å². The Bertz CT molecular complexity index is 1030. The molecule has 3 heterocycles. The molecule has 0 atom stereocenters. The van der Waals surface area contributed by atoms with Gasteiger partial charge in [-0.15, -0.1) is 0 Å². The number of rotatable bonds is 3. The number of piperazine rings is 1. The number of anilines is 1. The summed E-state index contributed by atoms with van der Waals surface area (Å²) in [5.41, 5.74) is 1.44. The highest BCUT2D eigenvalue weighted by molar-refractivity contribution is 6.43. The molecule has 0 aliphatic carbocycles. The highest BCUT2D eigenvalue weighted by Crippen LogP contribution is 2.34. The lowest BCUT2D eigenvalue weighted by molar-refractivity contribution is -0.140. The second kappa shape index (κ2) is 8.13. The van der Waals surface area contributed by atoms with Crippen molar-refractivity contribution in [3.63, 3.8) is 0 Å². The van der Waals surface area contributed by atoms with Crippen LogP contribution in [0.2, 0.25) is 10.0 Å². The van der Waals surface area contributed by atoms with Gasteiger partial charge in [0.2, 0.25) is 12.7 Å². The van der Waals surface area contributed by atoms with E-state index in [1.54, 1.807) is 29.2 Å². The van der Waals surface area contributed by atoms with Crippen molar-refractivity contribution >= 4 is 40.7 Å². The summed E-state index contributed by atoms with van der Waals surface area (Å²) >= 11 is 12.5. The Labute approximate surface area is 190 Å². The Kier molecular flexibility index (Phi) is 5.32. The zero-order valence-electron chi connectivity index (χ0n) is 16.7. The minimum absolute atomic E-state index is 0.0947. The predicted octanol–water partition coefficient (Wildman–Crippen LogP) is 3.14. The number of carbonyl (C=O) groups excluding carboxylic acids is 2. The number of hydrogen-bond donors (Lipinski definition) is 0. The number of hydrogen-bond acceptors (Lipinski definition) is 5. The van der Waals surface area contributed by atoms with Gasteiger partial charge in [0.05, 0.1) is 21.7 Å². The van der Waals surface area contributed by atoms with Crippen LogP contribution in [0, 0.1) is 5.92 Å². The number of amides is 2. The molecule has 5 rings (SSSR count). The number of nitrogens with zero attached hydrogens (tertiary/aromatic N) is 3. The Morgan fingerprint density at radius 2 is 1.65 bits per heavy atom. The lowest BCUT2D eigenvalue weighted by atomic mass is 9.96. The van der Waals surface area contributed by atoms with E-state index in [9.17, 15) is 9.59 Å². The number of benzene rings is 2. The summed E-state index contributed by atoms with van der Waals surface area (Å²) in [6.07, 6.45) is 0. The lowest BCUT2D eigenvalue weighted by Crippen LogP contribution is -2.59. The predicted molar refractivity (Wildman–Crippen MR) is 117 cm³/mol.